The molecular weight excluding hydrogens is 495 g/mol. The van der Waals surface area contributed by atoms with E-state index in [-0.39, 0.29) is 23.4 Å². The van der Waals surface area contributed by atoms with Crippen LogP contribution >= 0.6 is 23.1 Å². The smallest absolute Gasteiger partial charge is 0.254 e. The first-order valence-corrected chi connectivity index (χ1v) is 12.9. The summed E-state index contributed by atoms with van der Waals surface area (Å²) in [6, 6.07) is 19.1. The van der Waals surface area contributed by atoms with E-state index in [1.54, 1.807) is 6.92 Å². The molecule has 0 bridgehead atoms. The molecular formula is C27H23FN4O2S2. The van der Waals surface area contributed by atoms with Crippen LogP contribution in [0.3, 0.4) is 0 Å². The number of rotatable bonds is 7. The fourth-order valence-electron chi connectivity index (χ4n) is 3.84. The molecule has 1 aliphatic heterocycles. The molecule has 182 valence electrons. The first-order chi connectivity index (χ1) is 17.4. The van der Waals surface area contributed by atoms with Crippen molar-refractivity contribution in [1.82, 2.24) is 5.32 Å². The Kier molecular flexibility index (Phi) is 7.88. The Morgan fingerprint density at radius 3 is 2.50 bits per heavy atom. The minimum Gasteiger partial charge on any atom is -0.353 e. The van der Waals surface area contributed by atoms with Crippen molar-refractivity contribution < 1.29 is 14.0 Å². The number of nitrogens with one attached hydrogen (secondary N) is 3. The van der Waals surface area contributed by atoms with Gasteiger partial charge in [-0.1, -0.05) is 36.0 Å². The quantitative estimate of drug-likeness (QED) is 0.362. The predicted octanol–water partition coefficient (Wildman–Crippen LogP) is 5.90. The number of thioether (sulfide) groups is 1. The first kappa shape index (κ1) is 25.2. The van der Waals surface area contributed by atoms with Crippen LogP contribution in [0.2, 0.25) is 0 Å². The molecule has 36 heavy (non-hydrogen) atoms. The average Bonchev–Trinajstić information content (AvgIpc) is 3.39. The Labute approximate surface area is 216 Å². The van der Waals surface area contributed by atoms with Crippen LogP contribution in [0.5, 0.6) is 0 Å². The lowest BCUT2D eigenvalue weighted by atomic mass is 9.86. The molecule has 2 amide bonds. The molecule has 1 aromatic heterocycles. The molecule has 1 aliphatic rings. The Morgan fingerprint density at radius 2 is 1.83 bits per heavy atom. The van der Waals surface area contributed by atoms with E-state index in [2.05, 4.69) is 22.0 Å². The summed E-state index contributed by atoms with van der Waals surface area (Å²) >= 11 is 2.65. The van der Waals surface area contributed by atoms with Crippen molar-refractivity contribution in [2.45, 2.75) is 19.8 Å². The lowest BCUT2D eigenvalue weighted by Gasteiger charge is -2.29. The van der Waals surface area contributed by atoms with Crippen molar-refractivity contribution in [2.75, 3.05) is 16.4 Å². The number of carbonyl (C=O) groups excluding carboxylic acids is 2. The topological polar surface area (TPSA) is 94.0 Å². The van der Waals surface area contributed by atoms with Gasteiger partial charge in [-0.15, -0.1) is 11.3 Å². The van der Waals surface area contributed by atoms with Gasteiger partial charge in [0.1, 0.15) is 5.82 Å². The molecule has 0 unspecified atom stereocenters. The van der Waals surface area contributed by atoms with Gasteiger partial charge in [-0.05, 0) is 61.2 Å². The van der Waals surface area contributed by atoms with E-state index in [9.17, 15) is 19.2 Å². The van der Waals surface area contributed by atoms with Gasteiger partial charge in [-0.2, -0.15) is 5.26 Å². The summed E-state index contributed by atoms with van der Waals surface area (Å²) in [7, 11) is 0. The Bertz CT molecular complexity index is 1390. The summed E-state index contributed by atoms with van der Waals surface area (Å²) < 4.78 is 13.1. The van der Waals surface area contributed by atoms with Crippen LogP contribution < -0.4 is 16.0 Å². The Hall–Kier alpha value is -3.87. The second kappa shape index (κ2) is 11.2. The van der Waals surface area contributed by atoms with E-state index in [0.717, 1.165) is 10.4 Å². The summed E-state index contributed by atoms with van der Waals surface area (Å²) in [5.41, 5.74) is 3.55. The van der Waals surface area contributed by atoms with Gasteiger partial charge in [0, 0.05) is 27.5 Å². The van der Waals surface area contributed by atoms with Crippen LogP contribution in [0, 0.1) is 24.1 Å². The number of nitriles is 1. The van der Waals surface area contributed by atoms with E-state index in [0.29, 0.717) is 33.2 Å². The molecule has 1 atom stereocenters. The summed E-state index contributed by atoms with van der Waals surface area (Å²) in [4.78, 5) is 26.8. The number of para-hydroxylation sites is 1. The van der Waals surface area contributed by atoms with Crippen LogP contribution in [-0.2, 0) is 9.59 Å². The van der Waals surface area contributed by atoms with Gasteiger partial charge < -0.3 is 16.0 Å². The number of anilines is 2. The fraction of sp³-hybridized carbons (Fsp3) is 0.148. The first-order valence-electron chi connectivity index (χ1n) is 11.1. The Balaban J connectivity index is 1.58. The third-order valence-electron chi connectivity index (χ3n) is 5.59. The fourth-order valence-corrected chi connectivity index (χ4v) is 5.57. The number of hydrogen-bond donors (Lipinski definition) is 3. The van der Waals surface area contributed by atoms with Crippen molar-refractivity contribution in [2.24, 2.45) is 0 Å². The summed E-state index contributed by atoms with van der Waals surface area (Å²) in [5.74, 6) is -1.51. The van der Waals surface area contributed by atoms with E-state index in [4.69, 9.17) is 0 Å². The molecule has 0 saturated heterocycles. The minimum absolute atomic E-state index is 0.0278. The number of hydrogen-bond acceptors (Lipinski definition) is 6. The maximum atomic E-state index is 13.5. The lowest BCUT2D eigenvalue weighted by Crippen LogP contribution is -2.31. The number of carbonyl (C=O) groups is 2. The second-order valence-electron chi connectivity index (χ2n) is 8.08. The Morgan fingerprint density at radius 1 is 1.08 bits per heavy atom. The number of aryl methyl sites for hydroxylation is 1. The molecule has 3 N–H and O–H groups in total. The van der Waals surface area contributed by atoms with Crippen molar-refractivity contribution in [3.8, 4) is 6.07 Å². The number of amides is 2. The molecule has 0 aliphatic carbocycles. The monoisotopic (exact) mass is 518 g/mol. The van der Waals surface area contributed by atoms with Crippen molar-refractivity contribution in [1.29, 1.82) is 5.26 Å². The molecule has 0 saturated carbocycles. The highest BCUT2D eigenvalue weighted by Gasteiger charge is 2.35. The zero-order valence-corrected chi connectivity index (χ0v) is 21.2. The van der Waals surface area contributed by atoms with Crippen molar-refractivity contribution in [3.63, 3.8) is 0 Å². The van der Waals surface area contributed by atoms with Crippen LogP contribution in [0.15, 0.2) is 87.9 Å². The predicted molar refractivity (Wildman–Crippen MR) is 143 cm³/mol. The number of dihydropyridines is 1. The number of thiophene rings is 1. The number of halogens is 1. The second-order valence-corrected chi connectivity index (χ2v) is 10.0. The molecule has 4 rings (SSSR count). The van der Waals surface area contributed by atoms with Crippen LogP contribution in [0.25, 0.3) is 0 Å². The standard InChI is InChI=1S/C27H23FN4O2S2/c1-16-6-3-4-7-21(16)32-26(34)24-17(2)30-27(20(14-29)25(24)22-8-5-13-35-22)36-15-23(33)31-19-11-9-18(28)10-12-19/h3-13,25,30H,15H2,1-2H3,(H,31,33)(H,32,34)/t25-/m0/s1. The third-order valence-corrected chi connectivity index (χ3v) is 7.54. The molecule has 9 heteroatoms. The van der Waals surface area contributed by atoms with Gasteiger partial charge in [0.05, 0.1) is 28.3 Å². The van der Waals surface area contributed by atoms with E-state index < -0.39 is 5.92 Å². The lowest BCUT2D eigenvalue weighted by molar-refractivity contribution is -0.114. The zero-order chi connectivity index (χ0) is 25.7. The highest BCUT2D eigenvalue weighted by molar-refractivity contribution is 8.03. The molecule has 2 heterocycles. The van der Waals surface area contributed by atoms with Gasteiger partial charge in [0.15, 0.2) is 0 Å². The highest BCUT2D eigenvalue weighted by Crippen LogP contribution is 2.42. The number of nitrogens with zero attached hydrogens (tertiary/aromatic N) is 1. The maximum Gasteiger partial charge on any atom is 0.254 e. The largest absolute Gasteiger partial charge is 0.353 e. The van der Waals surface area contributed by atoms with Crippen LogP contribution in [0.4, 0.5) is 15.8 Å². The van der Waals surface area contributed by atoms with E-state index in [1.165, 1.54) is 47.4 Å². The SMILES string of the molecule is CC1=C(C(=O)Nc2ccccc2C)[C@H](c2cccs2)C(C#N)=C(SCC(=O)Nc2ccc(F)cc2)N1. The number of allylic oxidation sites excluding steroid dienone is 2. The molecule has 0 spiro atoms. The molecule has 0 fully saturated rings. The molecule has 0 radical (unpaired) electrons. The average molecular weight is 519 g/mol. The zero-order valence-electron chi connectivity index (χ0n) is 19.6. The summed E-state index contributed by atoms with van der Waals surface area (Å²) in [6.07, 6.45) is 0. The van der Waals surface area contributed by atoms with Crippen molar-refractivity contribution >= 4 is 46.3 Å². The summed E-state index contributed by atoms with van der Waals surface area (Å²) in [5, 5.41) is 21.4. The normalized spacial score (nSPS) is 15.2. The molecule has 3 aromatic rings. The number of benzene rings is 2. The molecule has 2 aromatic carbocycles. The highest BCUT2D eigenvalue weighted by atomic mass is 32.2. The molecule has 6 nitrogen and oxygen atoms in total. The van der Waals surface area contributed by atoms with Gasteiger partial charge in [0.2, 0.25) is 5.91 Å². The van der Waals surface area contributed by atoms with Gasteiger partial charge >= 0.3 is 0 Å². The van der Waals surface area contributed by atoms with Gasteiger partial charge in [-0.25, -0.2) is 4.39 Å². The maximum absolute atomic E-state index is 13.5. The van der Waals surface area contributed by atoms with Gasteiger partial charge in [0.25, 0.3) is 5.91 Å². The van der Waals surface area contributed by atoms with E-state index in [1.807, 2.05) is 48.7 Å². The van der Waals surface area contributed by atoms with Crippen molar-refractivity contribution in [3.05, 3.63) is 104 Å². The van der Waals surface area contributed by atoms with Crippen LogP contribution in [-0.4, -0.2) is 17.6 Å². The third kappa shape index (κ3) is 5.67. The van der Waals surface area contributed by atoms with Crippen LogP contribution in [0.1, 0.15) is 23.3 Å². The minimum atomic E-state index is -0.567. The summed E-state index contributed by atoms with van der Waals surface area (Å²) in [6.45, 7) is 3.71. The van der Waals surface area contributed by atoms with Gasteiger partial charge in [-0.3, -0.25) is 9.59 Å². The van der Waals surface area contributed by atoms with E-state index >= 15 is 0 Å².